The predicted molar refractivity (Wildman–Crippen MR) is 85.1 cm³/mol. The summed E-state index contributed by atoms with van der Waals surface area (Å²) < 4.78 is 40.4. The fourth-order valence-electron chi connectivity index (χ4n) is 3.09. The topological polar surface area (TPSA) is 57.6 Å². The number of hydrogen-bond donors (Lipinski definition) is 1. The van der Waals surface area contributed by atoms with Crippen molar-refractivity contribution in [1.82, 2.24) is 4.90 Å². The maximum absolute atomic E-state index is 13.6. The Balaban J connectivity index is 2.44. The normalized spacial score (nSPS) is 20.7. The minimum atomic E-state index is -1.56. The molecule has 0 unspecified atom stereocenters. The van der Waals surface area contributed by atoms with Crippen molar-refractivity contribution in [1.29, 1.82) is 0 Å². The van der Waals surface area contributed by atoms with Gasteiger partial charge in [0, 0.05) is 12.5 Å². The van der Waals surface area contributed by atoms with Gasteiger partial charge in [0.2, 0.25) is 5.91 Å². The van der Waals surface area contributed by atoms with E-state index in [4.69, 9.17) is 5.11 Å². The van der Waals surface area contributed by atoms with Gasteiger partial charge in [0.15, 0.2) is 17.5 Å². The Morgan fingerprint density at radius 2 is 1.88 bits per heavy atom. The van der Waals surface area contributed by atoms with Crippen LogP contribution < -0.4 is 0 Å². The van der Waals surface area contributed by atoms with Crippen LogP contribution in [-0.4, -0.2) is 27.9 Å². The quantitative estimate of drug-likeness (QED) is 0.498. The van der Waals surface area contributed by atoms with Gasteiger partial charge in [0.1, 0.15) is 0 Å². The molecule has 1 aromatic rings. The Labute approximate surface area is 143 Å². The van der Waals surface area contributed by atoms with Crippen LogP contribution in [0.4, 0.5) is 13.2 Å². The van der Waals surface area contributed by atoms with Crippen molar-refractivity contribution >= 4 is 11.9 Å². The number of piperidine rings is 1. The third-order valence-electron chi connectivity index (χ3n) is 4.13. The van der Waals surface area contributed by atoms with Crippen LogP contribution in [0.3, 0.4) is 0 Å². The molecule has 1 heterocycles. The standard InChI is InChI=1S/C18H18F3NO3/c1-2-4-16(23)22-12(7-8-17(24)25)5-3-6-15(22)11-9-13(19)18(21)14(20)10-11/h2,7-10,12,15H,1,3-6H2,(H,24,25)/b8-7-/t12-,15+/m1/s1. The SMILES string of the molecule is C=CCC(=O)N1[C@@H](/C=C\C(=O)O)CCC[C@H]1c1cc(F)c(F)c(F)c1. The maximum atomic E-state index is 13.6. The van der Waals surface area contributed by atoms with E-state index >= 15 is 0 Å². The summed E-state index contributed by atoms with van der Waals surface area (Å²) in [4.78, 5) is 24.7. The summed E-state index contributed by atoms with van der Waals surface area (Å²) in [5, 5.41) is 8.81. The molecule has 2 atom stereocenters. The lowest BCUT2D eigenvalue weighted by molar-refractivity contribution is -0.136. The zero-order chi connectivity index (χ0) is 18.6. The van der Waals surface area contributed by atoms with Crippen LogP contribution in [0.5, 0.6) is 0 Å². The molecule has 134 valence electrons. The largest absolute Gasteiger partial charge is 0.478 e. The molecule has 2 rings (SSSR count). The first-order valence-electron chi connectivity index (χ1n) is 7.82. The molecule has 0 radical (unpaired) electrons. The van der Waals surface area contributed by atoms with Crippen LogP contribution in [0, 0.1) is 17.5 Å². The van der Waals surface area contributed by atoms with Crippen molar-refractivity contribution in [3.8, 4) is 0 Å². The second kappa shape index (κ2) is 8.00. The Bertz CT molecular complexity index is 695. The predicted octanol–water partition coefficient (Wildman–Crippen LogP) is 3.74. The highest BCUT2D eigenvalue weighted by atomic mass is 19.2. The van der Waals surface area contributed by atoms with Crippen LogP contribution >= 0.6 is 0 Å². The van der Waals surface area contributed by atoms with E-state index in [1.807, 2.05) is 0 Å². The second-order valence-corrected chi connectivity index (χ2v) is 5.80. The molecular weight excluding hydrogens is 335 g/mol. The van der Waals surface area contributed by atoms with Gasteiger partial charge in [-0.2, -0.15) is 0 Å². The van der Waals surface area contributed by atoms with Crippen LogP contribution in [-0.2, 0) is 9.59 Å². The molecule has 0 bridgehead atoms. The van der Waals surface area contributed by atoms with Gasteiger partial charge in [-0.3, -0.25) is 4.79 Å². The number of hydrogen-bond acceptors (Lipinski definition) is 2. The Morgan fingerprint density at radius 3 is 2.44 bits per heavy atom. The van der Waals surface area contributed by atoms with Gasteiger partial charge < -0.3 is 10.0 Å². The van der Waals surface area contributed by atoms with E-state index < -0.39 is 35.5 Å². The second-order valence-electron chi connectivity index (χ2n) is 5.80. The highest BCUT2D eigenvalue weighted by molar-refractivity contribution is 5.81. The summed E-state index contributed by atoms with van der Waals surface area (Å²) in [7, 11) is 0. The van der Waals surface area contributed by atoms with Gasteiger partial charge in [-0.05, 0) is 37.0 Å². The molecule has 0 aromatic heterocycles. The molecule has 0 spiro atoms. The number of halogens is 3. The van der Waals surface area contributed by atoms with E-state index in [0.717, 1.165) is 18.2 Å². The molecule has 1 aliphatic heterocycles. The lowest BCUT2D eigenvalue weighted by Crippen LogP contribution is -2.44. The first-order chi connectivity index (χ1) is 11.8. The minimum absolute atomic E-state index is 0.0000698. The molecule has 1 aliphatic rings. The molecule has 1 N–H and O–H groups in total. The van der Waals surface area contributed by atoms with E-state index in [1.54, 1.807) is 0 Å². The van der Waals surface area contributed by atoms with Gasteiger partial charge in [-0.25, -0.2) is 18.0 Å². The fourth-order valence-corrected chi connectivity index (χ4v) is 3.09. The van der Waals surface area contributed by atoms with Crippen LogP contribution in [0.15, 0.2) is 36.9 Å². The zero-order valence-corrected chi connectivity index (χ0v) is 13.4. The van der Waals surface area contributed by atoms with E-state index in [2.05, 4.69) is 6.58 Å². The van der Waals surface area contributed by atoms with Gasteiger partial charge >= 0.3 is 5.97 Å². The number of likely N-dealkylation sites (tertiary alicyclic amines) is 1. The Morgan fingerprint density at radius 1 is 1.24 bits per heavy atom. The summed E-state index contributed by atoms with van der Waals surface area (Å²) in [5.41, 5.74) is 0.141. The van der Waals surface area contributed by atoms with Gasteiger partial charge in [-0.1, -0.05) is 12.2 Å². The van der Waals surface area contributed by atoms with E-state index in [-0.39, 0.29) is 17.9 Å². The number of aliphatic carboxylic acids is 1. The van der Waals surface area contributed by atoms with E-state index in [0.29, 0.717) is 19.3 Å². The molecule has 25 heavy (non-hydrogen) atoms. The van der Waals surface area contributed by atoms with Crippen molar-refractivity contribution in [3.63, 3.8) is 0 Å². The number of benzene rings is 1. The van der Waals surface area contributed by atoms with Crippen LogP contribution in [0.25, 0.3) is 0 Å². The highest BCUT2D eigenvalue weighted by Gasteiger charge is 2.34. The number of carboxylic acids is 1. The van der Waals surface area contributed by atoms with Crippen molar-refractivity contribution < 1.29 is 27.9 Å². The molecule has 0 aliphatic carbocycles. The van der Waals surface area contributed by atoms with Crippen molar-refractivity contribution in [3.05, 3.63) is 60.0 Å². The van der Waals surface area contributed by atoms with Gasteiger partial charge in [0.25, 0.3) is 0 Å². The minimum Gasteiger partial charge on any atom is -0.478 e. The average Bonchev–Trinajstić information content (AvgIpc) is 2.57. The molecule has 4 nitrogen and oxygen atoms in total. The maximum Gasteiger partial charge on any atom is 0.328 e. The Hall–Kier alpha value is -2.57. The summed E-state index contributed by atoms with van der Waals surface area (Å²) in [6.45, 7) is 3.50. The van der Waals surface area contributed by atoms with Crippen molar-refractivity contribution in [2.75, 3.05) is 0 Å². The molecule has 1 amide bonds. The third kappa shape index (κ3) is 4.29. The molecule has 7 heteroatoms. The first-order valence-corrected chi connectivity index (χ1v) is 7.82. The number of rotatable bonds is 5. The summed E-state index contributed by atoms with van der Waals surface area (Å²) in [6, 6.07) is 0.550. The summed E-state index contributed by atoms with van der Waals surface area (Å²) >= 11 is 0. The molecule has 1 saturated heterocycles. The number of amides is 1. The summed E-state index contributed by atoms with van der Waals surface area (Å²) in [5.74, 6) is -5.71. The van der Waals surface area contributed by atoms with Gasteiger partial charge in [-0.15, -0.1) is 6.58 Å². The smallest absolute Gasteiger partial charge is 0.328 e. The number of nitrogens with zero attached hydrogens (tertiary/aromatic N) is 1. The van der Waals surface area contributed by atoms with Gasteiger partial charge in [0.05, 0.1) is 12.1 Å². The first kappa shape index (κ1) is 18.8. The number of carbonyl (C=O) groups is 2. The fraction of sp³-hybridized carbons (Fsp3) is 0.333. The van der Waals surface area contributed by atoms with Crippen LogP contribution in [0.2, 0.25) is 0 Å². The lowest BCUT2D eigenvalue weighted by atomic mass is 9.90. The lowest BCUT2D eigenvalue weighted by Gasteiger charge is -2.41. The van der Waals surface area contributed by atoms with Crippen molar-refractivity contribution in [2.24, 2.45) is 0 Å². The van der Waals surface area contributed by atoms with E-state index in [1.165, 1.54) is 17.1 Å². The Kier molecular flexibility index (Phi) is 6.01. The zero-order valence-electron chi connectivity index (χ0n) is 13.4. The van der Waals surface area contributed by atoms with Crippen molar-refractivity contribution in [2.45, 2.75) is 37.8 Å². The molecule has 1 aromatic carbocycles. The third-order valence-corrected chi connectivity index (χ3v) is 4.13. The van der Waals surface area contributed by atoms with E-state index in [9.17, 15) is 22.8 Å². The van der Waals surface area contributed by atoms with Crippen LogP contribution in [0.1, 0.15) is 37.3 Å². The molecule has 1 fully saturated rings. The molecular formula is C18H18F3NO3. The highest BCUT2D eigenvalue weighted by Crippen LogP contribution is 2.36. The number of carbonyl (C=O) groups excluding carboxylic acids is 1. The monoisotopic (exact) mass is 353 g/mol. The average molecular weight is 353 g/mol. The molecule has 0 saturated carbocycles. The summed E-state index contributed by atoms with van der Waals surface area (Å²) in [6.07, 6.45) is 5.30. The number of carboxylic acid groups (broad SMARTS) is 1.